The number of hydrogen-bond donors (Lipinski definition) is 1. The van der Waals surface area contributed by atoms with Crippen molar-refractivity contribution in [2.75, 3.05) is 12.4 Å². The fraction of sp³-hybridized carbons (Fsp3) is 0.167. The second-order valence-corrected chi connectivity index (χ2v) is 4.89. The van der Waals surface area contributed by atoms with Crippen LogP contribution in [-0.4, -0.2) is 21.8 Å². The van der Waals surface area contributed by atoms with E-state index in [1.807, 2.05) is 18.7 Å². The minimum Gasteiger partial charge on any atom is -0.357 e. The summed E-state index contributed by atoms with van der Waals surface area (Å²) in [6.45, 7) is 0. The number of fused-ring (bicyclic) bond motifs is 1. The van der Waals surface area contributed by atoms with E-state index in [1.54, 1.807) is 11.3 Å². The molecule has 3 rings (SSSR count). The number of nitrogens with one attached hydrogen (secondary N) is 1. The number of hydrogen-bond acceptors (Lipinski definition) is 4. The molecule has 0 unspecified atom stereocenters. The second-order valence-electron chi connectivity index (χ2n) is 3.80. The fourth-order valence-corrected chi connectivity index (χ4v) is 2.94. The quantitative estimate of drug-likeness (QED) is 0.753. The summed E-state index contributed by atoms with van der Waals surface area (Å²) < 4.78 is 3.24. The van der Waals surface area contributed by atoms with E-state index in [4.69, 9.17) is 0 Å². The Bertz CT molecular complexity index is 635. The highest BCUT2D eigenvalue weighted by Gasteiger charge is 2.12. The van der Waals surface area contributed by atoms with Crippen LogP contribution in [-0.2, 0) is 7.05 Å². The van der Waals surface area contributed by atoms with Gasteiger partial charge in [0.2, 0.25) is 5.95 Å². The predicted molar refractivity (Wildman–Crippen MR) is 71.4 cm³/mol. The van der Waals surface area contributed by atoms with E-state index >= 15 is 0 Å². The van der Waals surface area contributed by atoms with Crippen LogP contribution in [0.5, 0.6) is 0 Å². The SMILES string of the molecule is CNc1nnc(-c2cc3ccccc3s2)n1C. The average Bonchev–Trinajstić information content (AvgIpc) is 2.91. The summed E-state index contributed by atoms with van der Waals surface area (Å²) in [5, 5.41) is 12.6. The van der Waals surface area contributed by atoms with Gasteiger partial charge in [-0.2, -0.15) is 0 Å². The third kappa shape index (κ3) is 1.59. The highest BCUT2D eigenvalue weighted by atomic mass is 32.1. The van der Waals surface area contributed by atoms with Crippen LogP contribution in [0.3, 0.4) is 0 Å². The van der Waals surface area contributed by atoms with Gasteiger partial charge in [-0.05, 0) is 17.5 Å². The number of benzene rings is 1. The first-order chi connectivity index (χ1) is 8.29. The van der Waals surface area contributed by atoms with E-state index in [0.29, 0.717) is 0 Å². The van der Waals surface area contributed by atoms with Crippen LogP contribution in [0, 0.1) is 0 Å². The van der Waals surface area contributed by atoms with Crippen molar-refractivity contribution in [1.82, 2.24) is 14.8 Å². The van der Waals surface area contributed by atoms with Crippen molar-refractivity contribution in [3.63, 3.8) is 0 Å². The first-order valence-corrected chi connectivity index (χ1v) is 6.17. The highest BCUT2D eigenvalue weighted by molar-refractivity contribution is 7.22. The number of rotatable bonds is 2. The highest BCUT2D eigenvalue weighted by Crippen LogP contribution is 2.32. The lowest BCUT2D eigenvalue weighted by molar-refractivity contribution is 0.927. The van der Waals surface area contributed by atoms with Crippen molar-refractivity contribution in [3.05, 3.63) is 30.3 Å². The van der Waals surface area contributed by atoms with Gasteiger partial charge in [-0.15, -0.1) is 21.5 Å². The number of aromatic nitrogens is 3. The molecule has 2 aromatic heterocycles. The molecule has 86 valence electrons. The molecule has 0 spiro atoms. The average molecular weight is 244 g/mol. The van der Waals surface area contributed by atoms with Crippen molar-refractivity contribution in [1.29, 1.82) is 0 Å². The molecule has 17 heavy (non-hydrogen) atoms. The van der Waals surface area contributed by atoms with Gasteiger partial charge in [-0.25, -0.2) is 0 Å². The molecule has 0 radical (unpaired) electrons. The molecule has 0 saturated carbocycles. The molecule has 0 amide bonds. The van der Waals surface area contributed by atoms with Gasteiger partial charge in [0, 0.05) is 18.8 Å². The van der Waals surface area contributed by atoms with E-state index in [9.17, 15) is 0 Å². The Morgan fingerprint density at radius 3 is 2.76 bits per heavy atom. The standard InChI is InChI=1S/C12H12N4S/c1-13-12-15-14-11(16(12)2)10-7-8-5-3-4-6-9(8)17-10/h3-7H,1-2H3,(H,13,15). The molecule has 0 aliphatic carbocycles. The Morgan fingerprint density at radius 2 is 2.06 bits per heavy atom. The van der Waals surface area contributed by atoms with E-state index in [2.05, 4.69) is 45.8 Å². The molecule has 3 aromatic rings. The topological polar surface area (TPSA) is 42.7 Å². The van der Waals surface area contributed by atoms with Crippen LogP contribution in [0.2, 0.25) is 0 Å². The Labute approximate surface area is 103 Å². The molecule has 1 N–H and O–H groups in total. The van der Waals surface area contributed by atoms with Crippen molar-refractivity contribution in [3.8, 4) is 10.7 Å². The first-order valence-electron chi connectivity index (χ1n) is 5.35. The zero-order valence-electron chi connectivity index (χ0n) is 9.64. The van der Waals surface area contributed by atoms with Gasteiger partial charge in [0.1, 0.15) is 0 Å². The lowest BCUT2D eigenvalue weighted by atomic mass is 10.2. The van der Waals surface area contributed by atoms with Crippen molar-refractivity contribution >= 4 is 27.4 Å². The van der Waals surface area contributed by atoms with E-state index in [-0.39, 0.29) is 0 Å². The fourth-order valence-electron chi connectivity index (χ4n) is 1.85. The Hall–Kier alpha value is -1.88. The van der Waals surface area contributed by atoms with Crippen LogP contribution < -0.4 is 5.32 Å². The zero-order chi connectivity index (χ0) is 11.8. The third-order valence-corrected chi connectivity index (χ3v) is 3.86. The minimum absolute atomic E-state index is 0.775. The Balaban J connectivity index is 2.17. The van der Waals surface area contributed by atoms with Crippen molar-refractivity contribution in [2.24, 2.45) is 7.05 Å². The summed E-state index contributed by atoms with van der Waals surface area (Å²) in [4.78, 5) is 1.14. The van der Waals surface area contributed by atoms with E-state index in [1.165, 1.54) is 10.1 Å². The molecule has 0 saturated heterocycles. The largest absolute Gasteiger partial charge is 0.357 e. The smallest absolute Gasteiger partial charge is 0.224 e. The molecule has 0 fully saturated rings. The summed E-state index contributed by atoms with van der Waals surface area (Å²) in [7, 11) is 3.81. The van der Waals surface area contributed by atoms with Gasteiger partial charge in [0.05, 0.1) is 4.88 Å². The van der Waals surface area contributed by atoms with Crippen LogP contribution in [0.15, 0.2) is 30.3 Å². The van der Waals surface area contributed by atoms with Crippen molar-refractivity contribution < 1.29 is 0 Å². The van der Waals surface area contributed by atoms with Gasteiger partial charge >= 0.3 is 0 Å². The number of nitrogens with zero attached hydrogens (tertiary/aromatic N) is 3. The third-order valence-electron chi connectivity index (χ3n) is 2.74. The number of thiophene rings is 1. The molecule has 0 atom stereocenters. The summed E-state index contributed by atoms with van der Waals surface area (Å²) in [5.41, 5.74) is 0. The maximum absolute atomic E-state index is 4.21. The van der Waals surface area contributed by atoms with E-state index in [0.717, 1.165) is 16.6 Å². The van der Waals surface area contributed by atoms with Crippen LogP contribution in [0.1, 0.15) is 0 Å². The molecule has 2 heterocycles. The lowest BCUT2D eigenvalue weighted by Crippen LogP contribution is -1.98. The molecule has 4 nitrogen and oxygen atoms in total. The molecule has 0 bridgehead atoms. The van der Waals surface area contributed by atoms with Crippen LogP contribution in [0.4, 0.5) is 5.95 Å². The van der Waals surface area contributed by atoms with Gasteiger partial charge in [-0.3, -0.25) is 4.57 Å². The summed E-state index contributed by atoms with van der Waals surface area (Å²) >= 11 is 1.74. The maximum atomic E-state index is 4.21. The predicted octanol–water partition coefficient (Wildman–Crippen LogP) is 2.74. The molecule has 0 aliphatic rings. The first kappa shape index (κ1) is 10.3. The molecule has 5 heteroatoms. The monoisotopic (exact) mass is 244 g/mol. The van der Waals surface area contributed by atoms with Gasteiger partial charge in [0.25, 0.3) is 0 Å². The summed E-state index contributed by atoms with van der Waals surface area (Å²) in [6.07, 6.45) is 0. The van der Waals surface area contributed by atoms with Gasteiger partial charge < -0.3 is 5.32 Å². The Morgan fingerprint density at radius 1 is 1.24 bits per heavy atom. The summed E-state index contributed by atoms with van der Waals surface area (Å²) in [6, 6.07) is 10.5. The molecule has 1 aromatic carbocycles. The normalized spacial score (nSPS) is 10.9. The van der Waals surface area contributed by atoms with Gasteiger partial charge in [-0.1, -0.05) is 18.2 Å². The van der Waals surface area contributed by atoms with E-state index < -0.39 is 0 Å². The lowest BCUT2D eigenvalue weighted by Gasteiger charge is -1.99. The molecular formula is C12H12N4S. The molecular weight excluding hydrogens is 232 g/mol. The second kappa shape index (κ2) is 3.85. The number of anilines is 1. The van der Waals surface area contributed by atoms with Crippen LogP contribution in [0.25, 0.3) is 20.8 Å². The summed E-state index contributed by atoms with van der Waals surface area (Å²) in [5.74, 6) is 1.67. The van der Waals surface area contributed by atoms with Crippen molar-refractivity contribution in [2.45, 2.75) is 0 Å². The maximum Gasteiger partial charge on any atom is 0.224 e. The minimum atomic E-state index is 0.775. The zero-order valence-corrected chi connectivity index (χ0v) is 10.5. The van der Waals surface area contributed by atoms with Crippen LogP contribution >= 0.6 is 11.3 Å². The van der Waals surface area contributed by atoms with Gasteiger partial charge in [0.15, 0.2) is 5.82 Å². The molecule has 0 aliphatic heterocycles. The Kier molecular flexibility index (Phi) is 2.33.